The fourth-order valence-electron chi connectivity index (χ4n) is 1.19. The summed E-state index contributed by atoms with van der Waals surface area (Å²) in [5.74, 6) is -0.520. The first-order valence-corrected chi connectivity index (χ1v) is 5.47. The SMILES string of the molecule is Nc1ccc(Oc2ncnc(NCl)c2Cl)c(F)c1. The Balaban J connectivity index is 2.34. The van der Waals surface area contributed by atoms with Gasteiger partial charge in [0.25, 0.3) is 0 Å². The number of nitrogens with one attached hydrogen (secondary N) is 1. The Morgan fingerprint density at radius 3 is 2.78 bits per heavy atom. The molecular weight excluding hydrogens is 282 g/mol. The minimum absolute atomic E-state index is 0.0153. The van der Waals surface area contributed by atoms with Crippen LogP contribution in [0, 0.1) is 5.82 Å². The van der Waals surface area contributed by atoms with Gasteiger partial charge in [-0.2, -0.15) is 4.98 Å². The largest absolute Gasteiger partial charge is 0.434 e. The molecule has 0 fully saturated rings. The van der Waals surface area contributed by atoms with E-state index in [1.165, 1.54) is 18.5 Å². The van der Waals surface area contributed by atoms with Crippen LogP contribution in [0.2, 0.25) is 5.02 Å². The zero-order chi connectivity index (χ0) is 13.1. The molecule has 0 aliphatic carbocycles. The van der Waals surface area contributed by atoms with Crippen molar-refractivity contribution < 1.29 is 9.13 Å². The Bertz CT molecular complexity index is 582. The fraction of sp³-hybridized carbons (Fsp3) is 0. The van der Waals surface area contributed by atoms with E-state index in [-0.39, 0.29) is 28.2 Å². The zero-order valence-corrected chi connectivity index (χ0v) is 10.3. The summed E-state index contributed by atoms with van der Waals surface area (Å²) < 4.78 is 18.7. The number of halogens is 3. The van der Waals surface area contributed by atoms with Gasteiger partial charge in [0, 0.05) is 23.5 Å². The molecule has 2 aromatic rings. The highest BCUT2D eigenvalue weighted by atomic mass is 35.5. The molecule has 0 saturated carbocycles. The lowest BCUT2D eigenvalue weighted by atomic mass is 10.3. The van der Waals surface area contributed by atoms with Crippen molar-refractivity contribution in [1.82, 2.24) is 9.97 Å². The van der Waals surface area contributed by atoms with Gasteiger partial charge in [0.05, 0.1) is 0 Å². The number of nitrogens with zero attached hydrogens (tertiary/aromatic N) is 2. The number of nitrogen functional groups attached to an aromatic ring is 1. The molecule has 0 atom stereocenters. The van der Waals surface area contributed by atoms with Crippen LogP contribution in [-0.2, 0) is 0 Å². The second-order valence-corrected chi connectivity index (χ2v) is 3.79. The summed E-state index contributed by atoms with van der Waals surface area (Å²) in [6.45, 7) is 0. The Kier molecular flexibility index (Phi) is 3.69. The van der Waals surface area contributed by atoms with Crippen LogP contribution >= 0.6 is 23.4 Å². The minimum Gasteiger partial charge on any atom is -0.434 e. The molecule has 5 nitrogen and oxygen atoms in total. The summed E-state index contributed by atoms with van der Waals surface area (Å²) in [7, 11) is 0. The molecule has 0 aliphatic rings. The molecule has 0 unspecified atom stereocenters. The summed E-state index contributed by atoms with van der Waals surface area (Å²) in [6.07, 6.45) is 1.18. The van der Waals surface area contributed by atoms with Crippen LogP contribution in [0.1, 0.15) is 0 Å². The van der Waals surface area contributed by atoms with Gasteiger partial charge in [-0.1, -0.05) is 11.6 Å². The van der Waals surface area contributed by atoms with E-state index in [1.807, 2.05) is 0 Å². The third-order valence-corrected chi connectivity index (χ3v) is 2.53. The lowest BCUT2D eigenvalue weighted by molar-refractivity contribution is 0.427. The van der Waals surface area contributed by atoms with E-state index in [0.717, 1.165) is 6.07 Å². The van der Waals surface area contributed by atoms with Crippen molar-refractivity contribution in [3.05, 3.63) is 35.4 Å². The van der Waals surface area contributed by atoms with E-state index in [9.17, 15) is 4.39 Å². The maximum Gasteiger partial charge on any atom is 0.243 e. The van der Waals surface area contributed by atoms with Gasteiger partial charge in [-0.3, -0.25) is 4.84 Å². The number of benzene rings is 1. The van der Waals surface area contributed by atoms with Crippen LogP contribution in [-0.4, -0.2) is 9.97 Å². The van der Waals surface area contributed by atoms with E-state index < -0.39 is 5.82 Å². The van der Waals surface area contributed by atoms with Crippen molar-refractivity contribution in [3.63, 3.8) is 0 Å². The fourth-order valence-corrected chi connectivity index (χ4v) is 1.57. The van der Waals surface area contributed by atoms with Crippen LogP contribution < -0.4 is 15.3 Å². The van der Waals surface area contributed by atoms with E-state index in [2.05, 4.69) is 14.8 Å². The van der Waals surface area contributed by atoms with E-state index in [0.29, 0.717) is 0 Å². The third-order valence-electron chi connectivity index (χ3n) is 2.01. The molecule has 1 aromatic heterocycles. The van der Waals surface area contributed by atoms with Gasteiger partial charge >= 0.3 is 0 Å². The van der Waals surface area contributed by atoms with E-state index in [4.69, 9.17) is 33.8 Å². The van der Waals surface area contributed by atoms with Crippen LogP contribution in [0.4, 0.5) is 15.9 Å². The first-order chi connectivity index (χ1) is 8.61. The maximum absolute atomic E-state index is 13.5. The molecule has 18 heavy (non-hydrogen) atoms. The highest BCUT2D eigenvalue weighted by Gasteiger charge is 2.13. The predicted octanol–water partition coefficient (Wildman–Crippen LogP) is 3.21. The Morgan fingerprint density at radius 2 is 2.11 bits per heavy atom. The number of nitrogens with two attached hydrogens (primary N) is 1. The molecule has 0 aliphatic heterocycles. The first-order valence-electron chi connectivity index (χ1n) is 4.72. The van der Waals surface area contributed by atoms with Crippen molar-refractivity contribution in [1.29, 1.82) is 0 Å². The summed E-state index contributed by atoms with van der Waals surface area (Å²) in [6, 6.07) is 4.00. The van der Waals surface area contributed by atoms with Crippen LogP contribution in [0.15, 0.2) is 24.5 Å². The highest BCUT2D eigenvalue weighted by Crippen LogP contribution is 2.33. The maximum atomic E-state index is 13.5. The number of hydrogen-bond acceptors (Lipinski definition) is 5. The monoisotopic (exact) mass is 288 g/mol. The molecule has 8 heteroatoms. The number of aromatic nitrogens is 2. The Morgan fingerprint density at radius 1 is 1.33 bits per heavy atom. The third kappa shape index (κ3) is 2.55. The normalized spacial score (nSPS) is 10.2. The molecule has 0 radical (unpaired) electrons. The Labute approximate surface area is 112 Å². The van der Waals surface area contributed by atoms with Crippen LogP contribution in [0.25, 0.3) is 0 Å². The minimum atomic E-state index is -0.620. The molecule has 0 amide bonds. The molecule has 2 rings (SSSR count). The number of anilines is 2. The average molecular weight is 289 g/mol. The van der Waals surface area contributed by atoms with Crippen molar-refractivity contribution >= 4 is 34.9 Å². The summed E-state index contributed by atoms with van der Waals surface area (Å²) in [5.41, 5.74) is 5.71. The number of hydrogen-bond donors (Lipinski definition) is 2. The average Bonchev–Trinajstić information content (AvgIpc) is 2.35. The van der Waals surface area contributed by atoms with Crippen molar-refractivity contribution in [3.8, 4) is 11.6 Å². The van der Waals surface area contributed by atoms with E-state index >= 15 is 0 Å². The van der Waals surface area contributed by atoms with Gasteiger partial charge in [-0.05, 0) is 12.1 Å². The quantitative estimate of drug-likeness (QED) is 0.670. The summed E-state index contributed by atoms with van der Waals surface area (Å²) >= 11 is 11.3. The topological polar surface area (TPSA) is 73.1 Å². The molecule has 1 heterocycles. The van der Waals surface area contributed by atoms with Gasteiger partial charge < -0.3 is 10.5 Å². The summed E-state index contributed by atoms with van der Waals surface area (Å²) in [5, 5.41) is 0.0451. The molecule has 0 bridgehead atoms. The van der Waals surface area contributed by atoms with Crippen LogP contribution in [0.5, 0.6) is 11.6 Å². The van der Waals surface area contributed by atoms with Crippen molar-refractivity contribution in [2.75, 3.05) is 10.6 Å². The smallest absolute Gasteiger partial charge is 0.243 e. The molecular formula is C10H7Cl2FN4O. The molecule has 0 saturated heterocycles. The molecule has 1 aromatic carbocycles. The second kappa shape index (κ2) is 5.24. The Hall–Kier alpha value is -1.79. The lowest BCUT2D eigenvalue weighted by Gasteiger charge is -2.08. The van der Waals surface area contributed by atoms with Gasteiger partial charge in [0.15, 0.2) is 17.4 Å². The molecule has 3 N–H and O–H groups in total. The van der Waals surface area contributed by atoms with Gasteiger partial charge in [-0.25, -0.2) is 9.37 Å². The van der Waals surface area contributed by atoms with Gasteiger partial charge in [0.1, 0.15) is 11.3 Å². The number of ether oxygens (including phenoxy) is 1. The second-order valence-electron chi connectivity index (χ2n) is 3.23. The van der Waals surface area contributed by atoms with Crippen molar-refractivity contribution in [2.45, 2.75) is 0 Å². The molecule has 0 spiro atoms. The zero-order valence-electron chi connectivity index (χ0n) is 8.82. The van der Waals surface area contributed by atoms with E-state index in [1.54, 1.807) is 0 Å². The first kappa shape index (κ1) is 12.7. The predicted molar refractivity (Wildman–Crippen MR) is 67.4 cm³/mol. The van der Waals surface area contributed by atoms with Gasteiger partial charge in [-0.15, -0.1) is 0 Å². The van der Waals surface area contributed by atoms with Crippen molar-refractivity contribution in [2.24, 2.45) is 0 Å². The summed E-state index contributed by atoms with van der Waals surface area (Å²) in [4.78, 5) is 9.78. The molecule has 94 valence electrons. The lowest BCUT2D eigenvalue weighted by Crippen LogP contribution is -1.96. The van der Waals surface area contributed by atoms with Crippen LogP contribution in [0.3, 0.4) is 0 Å². The highest BCUT2D eigenvalue weighted by molar-refractivity contribution is 6.36. The standard InChI is InChI=1S/C10H7Cl2FN4O/c11-8-9(17-12)15-4-16-10(8)18-7-2-1-5(14)3-6(7)13/h1-4H,14H2,(H,15,16,17). The van der Waals surface area contributed by atoms with Gasteiger partial charge in [0.2, 0.25) is 5.88 Å². The number of rotatable bonds is 3.